The molecule has 1 aromatic carbocycles. The highest BCUT2D eigenvalue weighted by molar-refractivity contribution is 8.01. The van der Waals surface area contributed by atoms with Crippen LogP contribution in [-0.4, -0.2) is 202 Å². The number of benzene rings is 1. The van der Waals surface area contributed by atoms with Crippen LogP contribution >= 0.6 is 92.4 Å². The van der Waals surface area contributed by atoms with Gasteiger partial charge >= 0.3 is 6.03 Å². The van der Waals surface area contributed by atoms with Gasteiger partial charge in [0.15, 0.2) is 20.5 Å². The summed E-state index contributed by atoms with van der Waals surface area (Å²) in [6, 6.07) is 9.69. The normalized spacial score (nSPS) is 20.4. The second-order valence-electron chi connectivity index (χ2n) is 41.4. The number of likely N-dealkylation sites (tertiary alicyclic amines) is 4. The molecule has 3 unspecified atom stereocenters. The number of nitrogens with one attached hydrogen (secondary N) is 9. The largest absolute Gasteiger partial charge is 0.444 e. The van der Waals surface area contributed by atoms with E-state index in [1.54, 1.807) is 92.4 Å². The van der Waals surface area contributed by atoms with E-state index in [0.717, 1.165) is 237 Å². The summed E-state index contributed by atoms with van der Waals surface area (Å²) in [5, 5.41) is 33.2. The van der Waals surface area contributed by atoms with Gasteiger partial charge in [-0.05, 0) is 171 Å². The summed E-state index contributed by atoms with van der Waals surface area (Å²) >= 11 is 13.3. The summed E-state index contributed by atoms with van der Waals surface area (Å²) < 4.78 is 28.0. The molecule has 16 rings (SSSR count). The lowest BCUT2D eigenvalue weighted by molar-refractivity contribution is -0.138. The highest BCUT2D eigenvalue weighted by atomic mass is 32.2. The number of urea groups is 1. The average Bonchev–Trinajstić information content (AvgIpc) is 1.28. The van der Waals surface area contributed by atoms with Gasteiger partial charge in [0.25, 0.3) is 0 Å². The van der Waals surface area contributed by atoms with Crippen molar-refractivity contribution >= 4 is 166 Å². The number of hydrogen-bond donors (Lipinski definition) is 9. The van der Waals surface area contributed by atoms with E-state index in [0.29, 0.717) is 74.4 Å². The van der Waals surface area contributed by atoms with Gasteiger partial charge in [0.05, 0.1) is 89.4 Å². The quantitative estimate of drug-likeness (QED) is 0.0140. The highest BCUT2D eigenvalue weighted by Crippen LogP contribution is 2.41. The number of amides is 8. The van der Waals surface area contributed by atoms with E-state index in [9.17, 15) is 33.6 Å². The first-order valence-electron chi connectivity index (χ1n) is 49.8. The predicted octanol–water partition coefficient (Wildman–Crippen LogP) is 21.1. The molecule has 9 N–H and O–H groups in total. The average molecular weight is 2110 g/mol. The van der Waals surface area contributed by atoms with Crippen molar-refractivity contribution in [3.8, 4) is 0 Å². The maximum atomic E-state index is 13.2. The smallest absolute Gasteiger partial charge is 0.320 e. The molecule has 0 spiro atoms. The number of nitrogens with zero attached hydrogens (tertiary/aromatic N) is 12. The Balaban J connectivity index is 0.000000160. The molecule has 3 saturated carbocycles. The van der Waals surface area contributed by atoms with Crippen molar-refractivity contribution in [3.05, 3.63) is 171 Å². The molecule has 4 aliphatic heterocycles. The number of anilines is 6. The van der Waals surface area contributed by atoms with Gasteiger partial charge in [-0.2, -0.15) is 0 Å². The van der Waals surface area contributed by atoms with E-state index in [1.807, 2.05) is 93.4 Å². The van der Waals surface area contributed by atoms with E-state index in [1.165, 1.54) is 24.3 Å². The molecular weight excluding hydrogens is 1960 g/mol. The number of carbonyl (C=O) groups is 7. The number of aromatic nitrogens is 8. The van der Waals surface area contributed by atoms with Crippen LogP contribution < -0.4 is 47.9 Å². The minimum Gasteiger partial charge on any atom is -0.444 e. The first-order valence-corrected chi connectivity index (χ1v) is 57.0. The van der Waals surface area contributed by atoms with Crippen molar-refractivity contribution in [1.29, 1.82) is 0 Å². The number of rotatable bonds is 32. The van der Waals surface area contributed by atoms with Gasteiger partial charge < -0.3 is 85.1 Å². The van der Waals surface area contributed by atoms with E-state index < -0.39 is 0 Å². The third kappa shape index (κ3) is 34.6. The molecule has 9 aromatic rings. The van der Waals surface area contributed by atoms with E-state index in [-0.39, 0.29) is 111 Å². The Hall–Kier alpha value is -9.97. The first kappa shape index (κ1) is 110. The zero-order valence-corrected chi connectivity index (χ0v) is 91.1. The molecule has 7 aliphatic rings. The second-order valence-corrected chi connectivity index (χ2v) is 50.6. The molecule has 12 heterocycles. The minimum absolute atomic E-state index is 0.0310. The molecule has 40 heteroatoms. The third-order valence-electron chi connectivity index (χ3n) is 25.8. The van der Waals surface area contributed by atoms with Crippen molar-refractivity contribution in [3.63, 3.8) is 0 Å². The molecule has 774 valence electrons. The number of hydrogen-bond acceptors (Lipinski definition) is 32. The molecule has 6 atom stereocenters. The Morgan fingerprint density at radius 2 is 0.657 bits per heavy atom. The summed E-state index contributed by atoms with van der Waals surface area (Å²) in [5.41, 5.74) is 1.65. The second kappa shape index (κ2) is 52.4. The van der Waals surface area contributed by atoms with Crippen LogP contribution in [0.3, 0.4) is 0 Å². The molecule has 143 heavy (non-hydrogen) atoms. The van der Waals surface area contributed by atoms with Gasteiger partial charge in [-0.15, -0.1) is 47.0 Å². The number of piperidine rings is 4. The summed E-state index contributed by atoms with van der Waals surface area (Å²) in [6.07, 6.45) is 38.8. The maximum Gasteiger partial charge on any atom is 0.320 e. The lowest BCUT2D eigenvalue weighted by atomic mass is 9.84. The van der Waals surface area contributed by atoms with Crippen molar-refractivity contribution in [1.82, 2.24) is 75.4 Å². The zero-order chi connectivity index (χ0) is 102. The summed E-state index contributed by atoms with van der Waals surface area (Å²) in [4.78, 5) is 129. The lowest BCUT2D eigenvalue weighted by Crippen LogP contribution is -2.54. The zero-order valence-electron chi connectivity index (χ0n) is 84.6. The van der Waals surface area contributed by atoms with Crippen LogP contribution in [0.5, 0.6) is 0 Å². The van der Waals surface area contributed by atoms with Gasteiger partial charge in [0, 0.05) is 146 Å². The Bertz CT molecular complexity index is 5250. The Morgan fingerprint density at radius 1 is 0.336 bits per heavy atom. The minimum atomic E-state index is -0.206. The molecule has 3 aliphatic carbocycles. The fourth-order valence-corrected chi connectivity index (χ4v) is 25.0. The van der Waals surface area contributed by atoms with Gasteiger partial charge in [0.1, 0.15) is 23.0 Å². The van der Waals surface area contributed by atoms with Crippen LogP contribution in [0.2, 0.25) is 0 Å². The highest BCUT2D eigenvalue weighted by Gasteiger charge is 2.38. The Kier molecular flexibility index (Phi) is 40.4. The molecule has 32 nitrogen and oxygen atoms in total. The molecule has 7 fully saturated rings. The molecule has 8 aromatic heterocycles. The van der Waals surface area contributed by atoms with Crippen LogP contribution in [0, 0.1) is 11.8 Å². The Labute approximate surface area is 874 Å². The summed E-state index contributed by atoms with van der Waals surface area (Å²) in [7, 11) is 0. The molecule has 0 bridgehead atoms. The number of thioether (sulfide) groups is 4. The van der Waals surface area contributed by atoms with Crippen molar-refractivity contribution in [2.24, 2.45) is 11.8 Å². The first-order chi connectivity index (χ1) is 68.4. The molecule has 8 amide bonds. The van der Waals surface area contributed by atoms with Crippen molar-refractivity contribution < 1.29 is 51.2 Å². The van der Waals surface area contributed by atoms with Gasteiger partial charge in [-0.1, -0.05) is 161 Å². The van der Waals surface area contributed by atoms with Crippen molar-refractivity contribution in [2.75, 3.05) is 84.3 Å². The standard InChI is InChI=1S/2C26H37N5O3S2.C26H33N5O2S2.C25H36N6O3S2/c1-5-21(32)29-18-10-8-17(9-11-18)24(33)31-12-6-7-19(15-31)30-25-28-14-23(36-25)35-16-22-27-13-20(34-22)26(2,3)4;1-5-21(32)29-18-9-11-31(12-10-18)24(33)17-7-6-8-19(13-17)30-25-28-15-23(36-25)35-16-22-27-14-20(34-22)26(2,3)4;1-5-22(32)30-18-11-9-17(10-12-18)29-19-7-6-8-20(13-19)31-25-28-15-24(35-25)34-16-23-27-14-21(33-23)26(2,3)4;1-5-20(32)28-17-8-11-30(12-9-17)24(33)31-10-6-7-18(15-31)29-23-27-14-22(36-23)35-16-21-26-13-19(34-21)25(2,3)4/h5,13-14,17-19H,1,6-12,15-16H2,2-4H3,(H,28,30)(H,29,32);5,14-15,17-19H,1,6-13,16H2,2-4H3,(H,28,30)(H,29,32);5,9-12,14-15,19-20,29H,1,6-8,13,16H2,2-4H3,(H,28,31)(H,30,32);5,13-14,17-18H,1,6-12,15-16H2,2-4H3,(H,27,29)(H,28,32)/t17?,18?,19-;17?,19-;;18-/m11.1/s1. The SMILES string of the molecule is C=CC(=O)NC1CCC(C(=O)N2CCC[C@@H](Nc3ncc(SCc4ncc(C(C)(C)C)o4)s3)C2)CC1.C=CC(=O)NC1CCN(C(=O)C2CCC[C@@H](Nc3ncc(SCc4ncc(C(C)(C)C)o4)s3)C2)CC1.C=CC(=O)NC1CCN(C(=O)N2CCC[C@@H](Nc3ncc(SCc4ncc(C(C)(C)C)o4)s3)C2)CC1.C=CC(=O)Nc1ccc(NC2CCCC(Nc3ncc(SCc4ncc(C(C)(C)C)o4)s3)C2)cc1. The Morgan fingerprint density at radius 3 is 1.03 bits per heavy atom. The van der Waals surface area contributed by atoms with Crippen LogP contribution in [0.25, 0.3) is 0 Å². The van der Waals surface area contributed by atoms with E-state index in [2.05, 4.69) is 197 Å². The summed E-state index contributed by atoms with van der Waals surface area (Å²) in [5.74, 6) is 9.22. The topological polar surface area (TPSA) is 396 Å². The van der Waals surface area contributed by atoms with Gasteiger partial charge in [-0.25, -0.2) is 44.7 Å². The fourth-order valence-electron chi connectivity index (χ4n) is 17.8. The maximum absolute atomic E-state index is 13.2. The lowest BCUT2D eigenvalue weighted by Gasteiger charge is -2.39. The van der Waals surface area contributed by atoms with Crippen LogP contribution in [0.1, 0.15) is 258 Å². The third-order valence-corrected chi connectivity index (χ3v) is 34.3. The number of carbonyl (C=O) groups excluding carboxylic acids is 7. The van der Waals surface area contributed by atoms with Crippen LogP contribution in [0.4, 0.5) is 36.7 Å². The van der Waals surface area contributed by atoms with Gasteiger partial charge in [-0.3, -0.25) is 28.8 Å². The molecular formula is C103H143N21O11S8. The molecule has 4 saturated heterocycles. The van der Waals surface area contributed by atoms with Crippen LogP contribution in [-0.2, 0) is 73.4 Å². The van der Waals surface area contributed by atoms with Gasteiger partial charge in [0.2, 0.25) is 59.0 Å². The molecule has 0 radical (unpaired) electrons. The van der Waals surface area contributed by atoms with Crippen molar-refractivity contribution in [2.45, 2.75) is 321 Å². The monoisotopic (exact) mass is 2110 g/mol. The van der Waals surface area contributed by atoms with Crippen LogP contribution in [0.15, 0.2) is 159 Å². The fraction of sp³-hybridized carbons (Fsp3) is 0.563. The predicted molar refractivity (Wildman–Crippen MR) is 577 cm³/mol. The number of thiazole rings is 4. The van der Waals surface area contributed by atoms with E-state index in [4.69, 9.17) is 17.7 Å². The summed E-state index contributed by atoms with van der Waals surface area (Å²) in [6.45, 7) is 45.1. The van der Waals surface area contributed by atoms with E-state index >= 15 is 0 Å². The number of oxazole rings is 4.